The molecule has 0 saturated heterocycles. The monoisotopic (exact) mass is 332 g/mol. The number of hydrogen-bond donors (Lipinski definition) is 1. The van der Waals surface area contributed by atoms with E-state index in [-0.39, 0.29) is 5.54 Å². The average Bonchev–Trinajstić information content (AvgIpc) is 2.23. The van der Waals surface area contributed by atoms with E-state index < -0.39 is 0 Å². The lowest BCUT2D eigenvalue weighted by atomic mass is 10.1. The second-order valence-electron chi connectivity index (χ2n) is 5.63. The van der Waals surface area contributed by atoms with E-state index in [1.807, 2.05) is 12.1 Å². The smallest absolute Gasteiger partial charge is 0.0593 e. The molecule has 0 atom stereocenters. The van der Waals surface area contributed by atoms with Gasteiger partial charge in [-0.15, -0.1) is 0 Å². The van der Waals surface area contributed by atoms with Gasteiger partial charge in [-0.05, 0) is 55.4 Å². The van der Waals surface area contributed by atoms with Gasteiger partial charge in [0.25, 0.3) is 0 Å². The predicted molar refractivity (Wildman–Crippen MR) is 83.2 cm³/mol. The minimum Gasteiger partial charge on any atom is -0.311 e. The predicted octanol–water partition coefficient (Wildman–Crippen LogP) is 3.92. The summed E-state index contributed by atoms with van der Waals surface area (Å²) in [6.45, 7) is 9.38. The summed E-state index contributed by atoms with van der Waals surface area (Å²) >= 11 is 9.71. The molecule has 0 unspecified atom stereocenters. The normalized spacial score (nSPS) is 12.2. The number of nitrogens with zero attached hydrogens (tertiary/aromatic N) is 1. The molecule has 0 amide bonds. The Morgan fingerprint density at radius 2 is 2.00 bits per heavy atom. The van der Waals surface area contributed by atoms with Crippen LogP contribution in [0.4, 0.5) is 0 Å². The molecule has 0 bridgehead atoms. The SMILES string of the molecule is CN(CCNC(C)(C)C)Cc1cccc(Br)c1Cl. The van der Waals surface area contributed by atoms with E-state index in [1.165, 1.54) is 0 Å². The summed E-state index contributed by atoms with van der Waals surface area (Å²) in [5.74, 6) is 0. The van der Waals surface area contributed by atoms with Crippen molar-refractivity contribution < 1.29 is 0 Å². The molecule has 0 spiro atoms. The van der Waals surface area contributed by atoms with Gasteiger partial charge in [-0.2, -0.15) is 0 Å². The molecule has 0 heterocycles. The van der Waals surface area contributed by atoms with Crippen LogP contribution in [0.25, 0.3) is 0 Å². The third-order valence-corrected chi connectivity index (χ3v) is 3.96. The minimum atomic E-state index is 0.175. The number of likely N-dealkylation sites (N-methyl/N-ethyl adjacent to an activating group) is 1. The molecule has 4 heteroatoms. The summed E-state index contributed by atoms with van der Waals surface area (Å²) < 4.78 is 0.961. The van der Waals surface area contributed by atoms with Gasteiger partial charge in [-0.3, -0.25) is 0 Å². The number of benzene rings is 1. The van der Waals surface area contributed by atoms with E-state index in [0.29, 0.717) is 0 Å². The fraction of sp³-hybridized carbons (Fsp3) is 0.571. The van der Waals surface area contributed by atoms with E-state index in [0.717, 1.165) is 34.7 Å². The molecule has 0 aliphatic rings. The van der Waals surface area contributed by atoms with Gasteiger partial charge in [0.2, 0.25) is 0 Å². The largest absolute Gasteiger partial charge is 0.311 e. The Morgan fingerprint density at radius 3 is 2.61 bits per heavy atom. The van der Waals surface area contributed by atoms with Crippen molar-refractivity contribution in [2.24, 2.45) is 0 Å². The van der Waals surface area contributed by atoms with E-state index >= 15 is 0 Å². The van der Waals surface area contributed by atoms with Crippen LogP contribution in [0.2, 0.25) is 5.02 Å². The Morgan fingerprint density at radius 1 is 1.33 bits per heavy atom. The van der Waals surface area contributed by atoms with Crippen LogP contribution >= 0.6 is 27.5 Å². The summed E-state index contributed by atoms with van der Waals surface area (Å²) in [6, 6.07) is 6.06. The van der Waals surface area contributed by atoms with Crippen LogP contribution in [0.15, 0.2) is 22.7 Å². The minimum absolute atomic E-state index is 0.175. The fourth-order valence-electron chi connectivity index (χ4n) is 1.66. The highest BCUT2D eigenvalue weighted by molar-refractivity contribution is 9.10. The molecular weight excluding hydrogens is 312 g/mol. The van der Waals surface area contributed by atoms with Gasteiger partial charge < -0.3 is 10.2 Å². The number of halogens is 2. The highest BCUT2D eigenvalue weighted by Crippen LogP contribution is 2.26. The van der Waals surface area contributed by atoms with E-state index in [9.17, 15) is 0 Å². The van der Waals surface area contributed by atoms with Gasteiger partial charge in [0, 0.05) is 29.6 Å². The van der Waals surface area contributed by atoms with Crippen molar-refractivity contribution >= 4 is 27.5 Å². The maximum absolute atomic E-state index is 6.25. The lowest BCUT2D eigenvalue weighted by Crippen LogP contribution is -2.40. The van der Waals surface area contributed by atoms with Crippen molar-refractivity contribution in [1.82, 2.24) is 10.2 Å². The van der Waals surface area contributed by atoms with Crippen LogP contribution < -0.4 is 5.32 Å². The van der Waals surface area contributed by atoms with Gasteiger partial charge >= 0.3 is 0 Å². The molecular formula is C14H22BrClN2. The van der Waals surface area contributed by atoms with Gasteiger partial charge in [-0.1, -0.05) is 23.7 Å². The quantitative estimate of drug-likeness (QED) is 0.878. The first-order valence-corrected chi connectivity index (χ1v) is 7.33. The van der Waals surface area contributed by atoms with Crippen molar-refractivity contribution in [3.8, 4) is 0 Å². The van der Waals surface area contributed by atoms with Crippen LogP contribution in [-0.2, 0) is 6.54 Å². The molecule has 102 valence electrons. The first-order valence-electron chi connectivity index (χ1n) is 6.16. The number of rotatable bonds is 5. The Kier molecular flexibility index (Phi) is 6.12. The van der Waals surface area contributed by atoms with Gasteiger partial charge in [0.05, 0.1) is 5.02 Å². The molecule has 1 aromatic rings. The lowest BCUT2D eigenvalue weighted by molar-refractivity contribution is 0.303. The van der Waals surface area contributed by atoms with Gasteiger partial charge in [0.1, 0.15) is 0 Å². The van der Waals surface area contributed by atoms with Gasteiger partial charge in [-0.25, -0.2) is 0 Å². The summed E-state index contributed by atoms with van der Waals surface area (Å²) in [4.78, 5) is 2.27. The van der Waals surface area contributed by atoms with Crippen molar-refractivity contribution in [3.63, 3.8) is 0 Å². The summed E-state index contributed by atoms with van der Waals surface area (Å²) in [5, 5.41) is 4.29. The highest BCUT2D eigenvalue weighted by Gasteiger charge is 2.10. The molecule has 2 nitrogen and oxygen atoms in total. The molecule has 0 aliphatic heterocycles. The first-order chi connectivity index (χ1) is 8.29. The van der Waals surface area contributed by atoms with E-state index in [1.54, 1.807) is 0 Å². The van der Waals surface area contributed by atoms with Crippen LogP contribution in [0.1, 0.15) is 26.3 Å². The third kappa shape index (κ3) is 5.70. The van der Waals surface area contributed by atoms with Crippen molar-refractivity contribution in [3.05, 3.63) is 33.3 Å². The fourth-order valence-corrected chi connectivity index (χ4v) is 2.26. The topological polar surface area (TPSA) is 15.3 Å². The van der Waals surface area contributed by atoms with Crippen molar-refractivity contribution in [2.45, 2.75) is 32.9 Å². The first kappa shape index (κ1) is 16.0. The Bertz CT molecular complexity index is 388. The van der Waals surface area contributed by atoms with Crippen molar-refractivity contribution in [2.75, 3.05) is 20.1 Å². The highest BCUT2D eigenvalue weighted by atomic mass is 79.9. The van der Waals surface area contributed by atoms with E-state index in [2.05, 4.69) is 60.0 Å². The standard InChI is InChI=1S/C14H22BrClN2/c1-14(2,3)17-8-9-18(4)10-11-6-5-7-12(15)13(11)16/h5-7,17H,8-10H2,1-4H3. The molecule has 0 radical (unpaired) electrons. The maximum Gasteiger partial charge on any atom is 0.0593 e. The van der Waals surface area contributed by atoms with Crippen LogP contribution in [-0.4, -0.2) is 30.6 Å². The second-order valence-corrected chi connectivity index (χ2v) is 6.86. The molecule has 0 aliphatic carbocycles. The molecule has 1 aromatic carbocycles. The molecule has 0 saturated carbocycles. The summed E-state index contributed by atoms with van der Waals surface area (Å²) in [6.07, 6.45) is 0. The molecule has 18 heavy (non-hydrogen) atoms. The number of nitrogens with one attached hydrogen (secondary N) is 1. The maximum atomic E-state index is 6.25. The molecule has 1 rings (SSSR count). The Balaban J connectivity index is 2.45. The Hall–Kier alpha value is -0.0900. The summed E-state index contributed by atoms with van der Waals surface area (Å²) in [5.41, 5.74) is 1.33. The zero-order valence-electron chi connectivity index (χ0n) is 11.6. The zero-order chi connectivity index (χ0) is 13.8. The van der Waals surface area contributed by atoms with Crippen LogP contribution in [0.5, 0.6) is 0 Å². The second kappa shape index (κ2) is 6.90. The van der Waals surface area contributed by atoms with Crippen LogP contribution in [0, 0.1) is 0 Å². The summed E-state index contributed by atoms with van der Waals surface area (Å²) in [7, 11) is 2.11. The van der Waals surface area contributed by atoms with E-state index in [4.69, 9.17) is 11.6 Å². The molecule has 1 N–H and O–H groups in total. The van der Waals surface area contributed by atoms with Crippen molar-refractivity contribution in [1.29, 1.82) is 0 Å². The van der Waals surface area contributed by atoms with Gasteiger partial charge in [0.15, 0.2) is 0 Å². The number of hydrogen-bond acceptors (Lipinski definition) is 2. The zero-order valence-corrected chi connectivity index (χ0v) is 13.9. The average molecular weight is 334 g/mol. The third-order valence-electron chi connectivity index (χ3n) is 2.62. The molecule has 0 fully saturated rings. The van der Waals surface area contributed by atoms with Crippen LogP contribution in [0.3, 0.4) is 0 Å². The lowest BCUT2D eigenvalue weighted by Gasteiger charge is -2.24. The Labute approximate surface area is 124 Å². The molecule has 0 aromatic heterocycles.